The van der Waals surface area contributed by atoms with E-state index in [1.807, 2.05) is 0 Å². The van der Waals surface area contributed by atoms with Crippen molar-refractivity contribution in [2.75, 3.05) is 0 Å². The Hall–Kier alpha value is -3.37. The lowest BCUT2D eigenvalue weighted by Gasteiger charge is -2.18. The highest BCUT2D eigenvalue weighted by atomic mass is 19.4. The molecule has 0 spiro atoms. The number of nitrogens with zero attached hydrogens (tertiary/aromatic N) is 3. The van der Waals surface area contributed by atoms with E-state index in [2.05, 4.69) is 15.4 Å². The van der Waals surface area contributed by atoms with Crippen LogP contribution in [0, 0.1) is 0 Å². The molecule has 11 heteroatoms. The van der Waals surface area contributed by atoms with Crippen LogP contribution >= 0.6 is 0 Å². The molecule has 3 aromatic rings. The van der Waals surface area contributed by atoms with Crippen molar-refractivity contribution in [3.8, 4) is 11.3 Å². The summed E-state index contributed by atoms with van der Waals surface area (Å²) in [6, 6.07) is 8.63. The molecule has 168 valence electrons. The third-order valence-corrected chi connectivity index (χ3v) is 5.31. The number of aryl methyl sites for hydroxylation is 1. The van der Waals surface area contributed by atoms with E-state index in [-0.39, 0.29) is 11.3 Å². The van der Waals surface area contributed by atoms with Crippen LogP contribution in [0.4, 0.5) is 26.3 Å². The third-order valence-electron chi connectivity index (χ3n) is 5.31. The highest BCUT2D eigenvalue weighted by molar-refractivity contribution is 5.93. The second kappa shape index (κ2) is 7.35. The van der Waals surface area contributed by atoms with Gasteiger partial charge in [0.05, 0.1) is 16.8 Å². The summed E-state index contributed by atoms with van der Waals surface area (Å²) in [5.74, 6) is -0.713. The van der Waals surface area contributed by atoms with Gasteiger partial charge in [0.2, 0.25) is 0 Å². The Balaban J connectivity index is 1.54. The van der Waals surface area contributed by atoms with E-state index in [1.165, 1.54) is 25.4 Å². The molecule has 4 rings (SSSR count). The number of benzene rings is 1. The van der Waals surface area contributed by atoms with Gasteiger partial charge in [-0.25, -0.2) is 0 Å². The van der Waals surface area contributed by atoms with E-state index >= 15 is 0 Å². The molecule has 0 aliphatic heterocycles. The average molecular weight is 454 g/mol. The van der Waals surface area contributed by atoms with Crippen molar-refractivity contribution in [2.24, 2.45) is 7.05 Å². The van der Waals surface area contributed by atoms with Crippen molar-refractivity contribution < 1.29 is 31.1 Å². The summed E-state index contributed by atoms with van der Waals surface area (Å²) in [5, 5.41) is 6.07. The molecule has 1 aromatic carbocycles. The van der Waals surface area contributed by atoms with Gasteiger partial charge in [0.1, 0.15) is 5.69 Å². The maximum absolute atomic E-state index is 12.9. The first kappa shape index (κ1) is 21.8. The second-order valence-electron chi connectivity index (χ2n) is 7.58. The molecule has 5 nitrogen and oxygen atoms in total. The molecule has 2 heterocycles. The molecule has 1 fully saturated rings. The maximum atomic E-state index is 12.9. The fraction of sp³-hybridized carbons (Fsp3) is 0.286. The monoisotopic (exact) mass is 454 g/mol. The third kappa shape index (κ3) is 4.19. The van der Waals surface area contributed by atoms with Gasteiger partial charge in [-0.2, -0.15) is 31.4 Å². The number of nitrogens with one attached hydrogen (secondary N) is 1. The zero-order valence-corrected chi connectivity index (χ0v) is 16.6. The molecule has 1 N–H and O–H groups in total. The lowest BCUT2D eigenvalue weighted by Crippen LogP contribution is -2.36. The molecular formula is C21H16F6N4O. The van der Waals surface area contributed by atoms with Gasteiger partial charge in [0, 0.05) is 24.9 Å². The number of carbonyl (C=O) groups is 1. The molecule has 0 bridgehead atoms. The topological polar surface area (TPSA) is 59.8 Å². The Morgan fingerprint density at radius 1 is 1.03 bits per heavy atom. The number of alkyl halides is 6. The fourth-order valence-corrected chi connectivity index (χ4v) is 3.41. The second-order valence-corrected chi connectivity index (χ2v) is 7.58. The van der Waals surface area contributed by atoms with Crippen LogP contribution in [0.15, 0.2) is 48.7 Å². The molecular weight excluding hydrogens is 438 g/mol. The zero-order valence-electron chi connectivity index (χ0n) is 16.6. The van der Waals surface area contributed by atoms with Crippen LogP contribution in [0.25, 0.3) is 11.3 Å². The van der Waals surface area contributed by atoms with Crippen LogP contribution in [-0.2, 0) is 24.9 Å². The Morgan fingerprint density at radius 3 is 2.28 bits per heavy atom. The van der Waals surface area contributed by atoms with Crippen molar-refractivity contribution >= 4 is 5.91 Å². The van der Waals surface area contributed by atoms with E-state index in [4.69, 9.17) is 0 Å². The normalized spacial score (nSPS) is 15.5. The van der Waals surface area contributed by atoms with Gasteiger partial charge in [-0.05, 0) is 36.6 Å². The molecule has 0 unspecified atom stereocenters. The van der Waals surface area contributed by atoms with Crippen LogP contribution in [0.2, 0.25) is 0 Å². The van der Waals surface area contributed by atoms with Gasteiger partial charge in [-0.15, -0.1) is 0 Å². The van der Waals surface area contributed by atoms with Gasteiger partial charge in [0.15, 0.2) is 5.69 Å². The van der Waals surface area contributed by atoms with Gasteiger partial charge in [-0.3, -0.25) is 14.5 Å². The number of rotatable bonds is 4. The average Bonchev–Trinajstić information content (AvgIpc) is 3.38. The number of pyridine rings is 1. The summed E-state index contributed by atoms with van der Waals surface area (Å²) in [7, 11) is 1.25. The summed E-state index contributed by atoms with van der Waals surface area (Å²) in [5.41, 5.74) is -1.77. The maximum Gasteiger partial charge on any atom is 0.435 e. The number of hydrogen-bond acceptors (Lipinski definition) is 3. The summed E-state index contributed by atoms with van der Waals surface area (Å²) >= 11 is 0. The molecule has 1 amide bonds. The molecule has 1 aliphatic carbocycles. The molecule has 0 saturated heterocycles. The molecule has 0 radical (unpaired) electrons. The van der Waals surface area contributed by atoms with E-state index in [1.54, 1.807) is 12.1 Å². The summed E-state index contributed by atoms with van der Waals surface area (Å²) < 4.78 is 78.2. The van der Waals surface area contributed by atoms with Crippen LogP contribution in [0.3, 0.4) is 0 Å². The standard InChI is InChI=1S/C21H16F6N4O/c1-31-16(10-17(30-31)21(25,26)27)18(32)29-19(7-8-19)14-5-6-15(28-11-14)12-3-2-4-13(9-12)20(22,23)24/h2-6,9-11H,7-8H2,1H3,(H,29,32). The largest absolute Gasteiger partial charge is 0.435 e. The van der Waals surface area contributed by atoms with Crippen molar-refractivity contribution in [3.63, 3.8) is 0 Å². The minimum Gasteiger partial charge on any atom is -0.341 e. The summed E-state index contributed by atoms with van der Waals surface area (Å²) in [6.07, 6.45) is -6.60. The lowest BCUT2D eigenvalue weighted by atomic mass is 10.0. The Kier molecular flexibility index (Phi) is 5.02. The summed E-state index contributed by atoms with van der Waals surface area (Å²) in [4.78, 5) is 16.8. The van der Waals surface area contributed by atoms with Crippen molar-refractivity contribution in [1.82, 2.24) is 20.1 Å². The van der Waals surface area contributed by atoms with Crippen LogP contribution < -0.4 is 5.32 Å². The van der Waals surface area contributed by atoms with Crippen LogP contribution in [0.5, 0.6) is 0 Å². The predicted octanol–water partition coefficient (Wildman–Crippen LogP) is 4.94. The number of amides is 1. The SMILES string of the molecule is Cn1nc(C(F)(F)F)cc1C(=O)NC1(c2ccc(-c3cccc(C(F)(F)F)c3)nc2)CC1. The summed E-state index contributed by atoms with van der Waals surface area (Å²) in [6.45, 7) is 0. The lowest BCUT2D eigenvalue weighted by molar-refractivity contribution is -0.141. The highest BCUT2D eigenvalue weighted by Gasteiger charge is 2.47. The Bertz CT molecular complexity index is 1160. The zero-order chi connectivity index (χ0) is 23.3. The fourth-order valence-electron chi connectivity index (χ4n) is 3.41. The van der Waals surface area contributed by atoms with Crippen molar-refractivity contribution in [2.45, 2.75) is 30.7 Å². The van der Waals surface area contributed by atoms with E-state index in [9.17, 15) is 31.1 Å². The number of aromatic nitrogens is 3. The Labute approximate surface area is 178 Å². The minimum absolute atomic E-state index is 0.239. The van der Waals surface area contributed by atoms with E-state index in [0.717, 1.165) is 16.8 Å². The molecule has 1 saturated carbocycles. The van der Waals surface area contributed by atoms with Crippen molar-refractivity contribution in [1.29, 1.82) is 0 Å². The highest BCUT2D eigenvalue weighted by Crippen LogP contribution is 2.46. The van der Waals surface area contributed by atoms with Gasteiger partial charge in [-0.1, -0.05) is 18.2 Å². The first-order chi connectivity index (χ1) is 14.9. The predicted molar refractivity (Wildman–Crippen MR) is 101 cm³/mol. The Morgan fingerprint density at radius 2 is 1.75 bits per heavy atom. The quantitative estimate of drug-likeness (QED) is 0.569. The minimum atomic E-state index is -4.67. The molecule has 1 aliphatic rings. The van der Waals surface area contributed by atoms with Gasteiger partial charge >= 0.3 is 12.4 Å². The first-order valence-corrected chi connectivity index (χ1v) is 9.47. The molecule has 32 heavy (non-hydrogen) atoms. The van der Waals surface area contributed by atoms with Crippen LogP contribution in [0.1, 0.15) is 40.2 Å². The molecule has 2 aromatic heterocycles. The van der Waals surface area contributed by atoms with Crippen LogP contribution in [-0.4, -0.2) is 20.7 Å². The number of carbonyl (C=O) groups excluding carboxylic acids is 1. The van der Waals surface area contributed by atoms with Gasteiger partial charge < -0.3 is 5.32 Å². The first-order valence-electron chi connectivity index (χ1n) is 9.47. The smallest absolute Gasteiger partial charge is 0.341 e. The number of hydrogen-bond donors (Lipinski definition) is 1. The van der Waals surface area contributed by atoms with Gasteiger partial charge in [0.25, 0.3) is 5.91 Å². The van der Waals surface area contributed by atoms with E-state index < -0.39 is 35.1 Å². The van der Waals surface area contributed by atoms with E-state index in [0.29, 0.717) is 30.2 Å². The van der Waals surface area contributed by atoms with Crippen molar-refractivity contribution in [3.05, 3.63) is 71.2 Å². The number of halogens is 6. The molecule has 0 atom stereocenters.